The van der Waals surface area contributed by atoms with E-state index in [0.29, 0.717) is 0 Å². The van der Waals surface area contributed by atoms with Crippen LogP contribution in [0.4, 0.5) is 0 Å². The van der Waals surface area contributed by atoms with Crippen LogP contribution in [0.2, 0.25) is 0 Å². The van der Waals surface area contributed by atoms with Gasteiger partial charge in [-0.25, -0.2) is 0 Å². The van der Waals surface area contributed by atoms with Gasteiger partial charge in [0.05, 0.1) is 0 Å². The molecule has 0 radical (unpaired) electrons. The van der Waals surface area contributed by atoms with E-state index in [1.165, 1.54) is 0 Å². The minimum atomic E-state index is 0.998. The van der Waals surface area contributed by atoms with E-state index in [1.54, 1.807) is 0 Å². The van der Waals surface area contributed by atoms with Crippen LogP contribution < -0.4 is 5.32 Å². The summed E-state index contributed by atoms with van der Waals surface area (Å²) < 4.78 is 0. The van der Waals surface area contributed by atoms with E-state index in [1.807, 2.05) is 44.3 Å². The molecule has 0 fully saturated rings. The lowest BCUT2D eigenvalue weighted by Gasteiger charge is -2.05. The van der Waals surface area contributed by atoms with Crippen molar-refractivity contribution in [3.8, 4) is 0 Å². The molecule has 0 atom stereocenters. The van der Waals surface area contributed by atoms with Crippen LogP contribution in [-0.4, -0.2) is 7.05 Å². The van der Waals surface area contributed by atoms with Crippen molar-refractivity contribution < 1.29 is 0 Å². The molecule has 0 aliphatic carbocycles. The van der Waals surface area contributed by atoms with E-state index >= 15 is 0 Å². The highest BCUT2D eigenvalue weighted by Gasteiger charge is 1.97. The van der Waals surface area contributed by atoms with Crippen LogP contribution in [0.1, 0.15) is 12.5 Å². The minimum Gasteiger partial charge on any atom is -0.391 e. The highest BCUT2D eigenvalue weighted by molar-refractivity contribution is 7.90. The molecular formula is C10H13NS. The number of benzene rings is 1. The van der Waals surface area contributed by atoms with Crippen molar-refractivity contribution in [1.29, 1.82) is 0 Å². The highest BCUT2D eigenvalue weighted by atomic mass is 32.1. The van der Waals surface area contributed by atoms with Gasteiger partial charge in [0.1, 0.15) is 0 Å². The van der Waals surface area contributed by atoms with Crippen LogP contribution in [0.5, 0.6) is 0 Å². The Labute approximate surface area is 78.9 Å². The quantitative estimate of drug-likeness (QED) is 0.665. The summed E-state index contributed by atoms with van der Waals surface area (Å²) in [5.74, 6) is 0. The van der Waals surface area contributed by atoms with Gasteiger partial charge in [0, 0.05) is 17.6 Å². The van der Waals surface area contributed by atoms with E-state index in [0.717, 1.165) is 16.2 Å². The molecule has 0 heterocycles. The summed E-state index contributed by atoms with van der Waals surface area (Å²) in [6, 6.07) is 10.1. The first kappa shape index (κ1) is 9.20. The summed E-state index contributed by atoms with van der Waals surface area (Å²) in [6.45, 7) is 2.01. The van der Waals surface area contributed by atoms with Crippen molar-refractivity contribution in [2.45, 2.75) is 6.92 Å². The topological polar surface area (TPSA) is 12.0 Å². The zero-order valence-corrected chi connectivity index (χ0v) is 8.23. The fraction of sp³-hybridized carbons (Fsp3) is 0.200. The molecule has 1 nitrogen and oxygen atoms in total. The number of thiol groups is 1. The summed E-state index contributed by atoms with van der Waals surface area (Å²) >= 11 is 4.41. The van der Waals surface area contributed by atoms with Crippen molar-refractivity contribution in [3.05, 3.63) is 41.6 Å². The zero-order valence-electron chi connectivity index (χ0n) is 7.33. The van der Waals surface area contributed by atoms with Gasteiger partial charge in [-0.1, -0.05) is 30.3 Å². The zero-order chi connectivity index (χ0) is 8.97. The number of rotatable bonds is 2. The Morgan fingerprint density at radius 1 is 1.25 bits per heavy atom. The van der Waals surface area contributed by atoms with E-state index in [9.17, 15) is 0 Å². The van der Waals surface area contributed by atoms with Crippen molar-refractivity contribution in [2.75, 3.05) is 7.05 Å². The first-order valence-electron chi connectivity index (χ1n) is 3.88. The predicted octanol–water partition coefficient (Wildman–Crippen LogP) is 2.52. The van der Waals surface area contributed by atoms with Gasteiger partial charge < -0.3 is 5.32 Å². The van der Waals surface area contributed by atoms with Crippen LogP contribution in [0, 0.1) is 0 Å². The maximum Gasteiger partial charge on any atom is 0.0300 e. The lowest BCUT2D eigenvalue weighted by atomic mass is 10.2. The van der Waals surface area contributed by atoms with Crippen molar-refractivity contribution >= 4 is 17.5 Å². The molecule has 1 N–H and O–H groups in total. The van der Waals surface area contributed by atoms with Crippen molar-refractivity contribution in [1.82, 2.24) is 5.32 Å². The fourth-order valence-electron chi connectivity index (χ4n) is 0.931. The average Bonchev–Trinajstić information content (AvgIpc) is 2.17. The third kappa shape index (κ3) is 2.05. The Balaban J connectivity index is 3.00. The first-order chi connectivity index (χ1) is 5.75. The molecule has 0 bridgehead atoms. The number of hydrogen-bond acceptors (Lipinski definition) is 2. The summed E-state index contributed by atoms with van der Waals surface area (Å²) in [5, 5.41) is 3.07. The molecule has 0 saturated heterocycles. The molecule has 1 rings (SSSR count). The molecule has 0 amide bonds. The molecule has 1 aromatic rings. The van der Waals surface area contributed by atoms with Crippen LogP contribution in [0.15, 0.2) is 36.0 Å². The van der Waals surface area contributed by atoms with Gasteiger partial charge in [-0.05, 0) is 12.5 Å². The highest BCUT2D eigenvalue weighted by Crippen LogP contribution is 2.20. The molecule has 12 heavy (non-hydrogen) atoms. The van der Waals surface area contributed by atoms with E-state index in [2.05, 4.69) is 17.9 Å². The van der Waals surface area contributed by atoms with Crippen molar-refractivity contribution in [3.63, 3.8) is 0 Å². The second-order valence-electron chi connectivity index (χ2n) is 2.59. The fourth-order valence-corrected chi connectivity index (χ4v) is 1.19. The van der Waals surface area contributed by atoms with Gasteiger partial charge in [0.15, 0.2) is 0 Å². The lowest BCUT2D eigenvalue weighted by Crippen LogP contribution is -2.02. The Kier molecular flexibility index (Phi) is 3.23. The average molecular weight is 179 g/mol. The van der Waals surface area contributed by atoms with Crippen LogP contribution in [0.25, 0.3) is 4.91 Å². The first-order valence-corrected chi connectivity index (χ1v) is 4.33. The molecule has 1 aromatic carbocycles. The molecule has 0 saturated carbocycles. The summed E-state index contributed by atoms with van der Waals surface area (Å²) in [6.07, 6.45) is 0. The Bertz CT molecular complexity index is 277. The minimum absolute atomic E-state index is 0.998. The second kappa shape index (κ2) is 4.21. The van der Waals surface area contributed by atoms with Crippen LogP contribution in [0.3, 0.4) is 0 Å². The lowest BCUT2D eigenvalue weighted by molar-refractivity contribution is 1.000. The predicted molar refractivity (Wildman–Crippen MR) is 57.1 cm³/mol. The monoisotopic (exact) mass is 179 g/mol. The van der Waals surface area contributed by atoms with E-state index < -0.39 is 0 Å². The Hall–Kier alpha value is -0.890. The molecule has 0 unspecified atom stereocenters. The normalized spacial score (nSPS) is 12.2. The molecule has 0 aromatic heterocycles. The van der Waals surface area contributed by atoms with Gasteiger partial charge in [-0.3, -0.25) is 0 Å². The van der Waals surface area contributed by atoms with Gasteiger partial charge in [-0.2, -0.15) is 0 Å². The Morgan fingerprint density at radius 2 is 1.83 bits per heavy atom. The van der Waals surface area contributed by atoms with Gasteiger partial charge in [0.25, 0.3) is 0 Å². The molecular weight excluding hydrogens is 166 g/mol. The third-order valence-electron chi connectivity index (χ3n) is 1.78. The molecule has 0 aliphatic heterocycles. The standard InChI is InChI=1S/C10H13NS/c1-8(11-2)10(12)9-6-4-3-5-7-9/h3-7,11-12H,1-2H3/b10-8-. The van der Waals surface area contributed by atoms with Crippen molar-refractivity contribution in [2.24, 2.45) is 0 Å². The number of nitrogens with one attached hydrogen (secondary N) is 1. The SMILES string of the molecule is CN/C(C)=C(\S)c1ccccc1. The van der Waals surface area contributed by atoms with E-state index in [4.69, 9.17) is 0 Å². The molecule has 0 aliphatic rings. The number of allylic oxidation sites excluding steroid dienone is 1. The smallest absolute Gasteiger partial charge is 0.0300 e. The maximum absolute atomic E-state index is 4.41. The van der Waals surface area contributed by atoms with Gasteiger partial charge in [0.2, 0.25) is 0 Å². The summed E-state index contributed by atoms with van der Waals surface area (Å²) in [7, 11) is 1.90. The Morgan fingerprint density at radius 3 is 2.33 bits per heavy atom. The summed E-state index contributed by atoms with van der Waals surface area (Å²) in [4.78, 5) is 0.998. The van der Waals surface area contributed by atoms with Crippen LogP contribution in [-0.2, 0) is 0 Å². The maximum atomic E-state index is 4.41. The molecule has 64 valence electrons. The largest absolute Gasteiger partial charge is 0.391 e. The van der Waals surface area contributed by atoms with Gasteiger partial charge in [-0.15, -0.1) is 12.6 Å². The van der Waals surface area contributed by atoms with E-state index in [-0.39, 0.29) is 0 Å². The second-order valence-corrected chi connectivity index (χ2v) is 3.04. The molecule has 2 heteroatoms. The number of hydrogen-bond donors (Lipinski definition) is 2. The van der Waals surface area contributed by atoms with Crippen LogP contribution >= 0.6 is 12.6 Å². The molecule has 0 spiro atoms. The van der Waals surface area contributed by atoms with Gasteiger partial charge >= 0.3 is 0 Å². The summed E-state index contributed by atoms with van der Waals surface area (Å²) in [5.41, 5.74) is 2.23. The third-order valence-corrected chi connectivity index (χ3v) is 2.37.